The van der Waals surface area contributed by atoms with E-state index in [9.17, 15) is 4.79 Å². The molecule has 1 unspecified atom stereocenters. The number of unbranched alkanes of at least 4 members (excludes halogenated alkanes) is 2. The van der Waals surface area contributed by atoms with E-state index in [2.05, 4.69) is 82.2 Å². The van der Waals surface area contributed by atoms with E-state index >= 15 is 0 Å². The van der Waals surface area contributed by atoms with Crippen LogP contribution in [0, 0.1) is 5.41 Å². The van der Waals surface area contributed by atoms with Crippen LogP contribution in [0.4, 0.5) is 0 Å². The van der Waals surface area contributed by atoms with Crippen molar-refractivity contribution in [3.63, 3.8) is 0 Å². The van der Waals surface area contributed by atoms with Crippen LogP contribution in [0.25, 0.3) is 22.2 Å². The summed E-state index contributed by atoms with van der Waals surface area (Å²) >= 11 is 0. The molecule has 194 valence electrons. The number of ether oxygens (including phenoxy) is 2. The summed E-state index contributed by atoms with van der Waals surface area (Å²) in [4.78, 5) is 11.5. The third-order valence-corrected chi connectivity index (χ3v) is 7.26. The molecule has 4 nitrogen and oxygen atoms in total. The molecule has 3 aromatic rings. The minimum absolute atomic E-state index is 0.263. The van der Waals surface area contributed by atoms with Crippen molar-refractivity contribution >= 4 is 16.9 Å². The van der Waals surface area contributed by atoms with Crippen LogP contribution in [0.3, 0.4) is 0 Å². The van der Waals surface area contributed by atoms with Gasteiger partial charge in [-0.3, -0.25) is 0 Å². The predicted octanol–water partition coefficient (Wildman–Crippen LogP) is 8.15. The van der Waals surface area contributed by atoms with Gasteiger partial charge in [-0.15, -0.1) is 0 Å². The van der Waals surface area contributed by atoms with E-state index in [0.717, 1.165) is 31.6 Å². The van der Waals surface area contributed by atoms with Gasteiger partial charge in [0.1, 0.15) is 12.4 Å². The first-order valence-corrected chi connectivity index (χ1v) is 13.5. The van der Waals surface area contributed by atoms with Crippen molar-refractivity contribution in [2.45, 2.75) is 79.7 Å². The van der Waals surface area contributed by atoms with Gasteiger partial charge in [0.15, 0.2) is 0 Å². The number of fused-ring (bicyclic) bond motifs is 1. The number of benzene rings is 2. The second-order valence-corrected chi connectivity index (χ2v) is 10.1. The molecular weight excluding hydrogens is 446 g/mol. The Labute approximate surface area is 217 Å². The topological polar surface area (TPSA) is 40.5 Å². The highest BCUT2D eigenvalue weighted by atomic mass is 16.5. The lowest BCUT2D eigenvalue weighted by molar-refractivity contribution is -0.141. The number of carbonyl (C=O) groups is 1. The zero-order chi connectivity index (χ0) is 26.1. The lowest BCUT2D eigenvalue weighted by Gasteiger charge is -2.27. The van der Waals surface area contributed by atoms with Gasteiger partial charge in [-0.05, 0) is 61.9 Å². The molecule has 0 fully saturated rings. The summed E-state index contributed by atoms with van der Waals surface area (Å²) in [7, 11) is 0. The fourth-order valence-electron chi connectivity index (χ4n) is 4.62. The van der Waals surface area contributed by atoms with Crippen LogP contribution in [0.15, 0.2) is 55.1 Å². The van der Waals surface area contributed by atoms with Gasteiger partial charge in [0, 0.05) is 40.7 Å². The van der Waals surface area contributed by atoms with Gasteiger partial charge in [0.25, 0.3) is 0 Å². The first kappa shape index (κ1) is 27.6. The number of carbonyl (C=O) groups excluding carboxylic acids is 1. The fourth-order valence-corrected chi connectivity index (χ4v) is 4.62. The Kier molecular flexibility index (Phi) is 9.81. The maximum Gasteiger partial charge on any atom is 0.330 e. The predicted molar refractivity (Wildman–Crippen MR) is 151 cm³/mol. The normalized spacial score (nSPS) is 12.9. The van der Waals surface area contributed by atoms with Crippen LogP contribution in [0.1, 0.15) is 71.4 Å². The Morgan fingerprint density at radius 2 is 1.83 bits per heavy atom. The van der Waals surface area contributed by atoms with Crippen molar-refractivity contribution in [3.05, 3.63) is 66.2 Å². The average molecular weight is 490 g/mol. The summed E-state index contributed by atoms with van der Waals surface area (Å²) in [6.07, 6.45) is 8.00. The number of aryl methyl sites for hydroxylation is 3. The molecule has 0 N–H and O–H groups in total. The summed E-state index contributed by atoms with van der Waals surface area (Å²) in [6.45, 7) is 16.0. The summed E-state index contributed by atoms with van der Waals surface area (Å²) in [5, 5.41) is 1.21. The van der Waals surface area contributed by atoms with Crippen molar-refractivity contribution < 1.29 is 14.3 Å². The van der Waals surface area contributed by atoms with Gasteiger partial charge in [0.05, 0.1) is 12.1 Å². The van der Waals surface area contributed by atoms with Crippen LogP contribution < -0.4 is 4.74 Å². The lowest BCUT2D eigenvalue weighted by atomic mass is 9.90. The number of aromatic nitrogens is 1. The molecule has 0 saturated carbocycles. The molecule has 3 rings (SSSR count). The molecule has 0 amide bonds. The van der Waals surface area contributed by atoms with Gasteiger partial charge < -0.3 is 14.0 Å². The van der Waals surface area contributed by atoms with Crippen molar-refractivity contribution in [3.8, 4) is 17.0 Å². The number of rotatable bonds is 14. The SMILES string of the molecule is C=CC(=O)OCC(C)(CC)COc1ccc2cc(-c3ccc(CCCCC)cc3CC)n(CC)c2c1. The Hall–Kier alpha value is -3.01. The van der Waals surface area contributed by atoms with Crippen molar-refractivity contribution in [1.29, 1.82) is 0 Å². The zero-order valence-electron chi connectivity index (χ0n) is 22.9. The van der Waals surface area contributed by atoms with E-state index in [4.69, 9.17) is 9.47 Å². The standard InChI is InChI=1S/C32H43NO3/c1-7-12-13-14-24-15-18-28(25(8-2)19-24)30-20-26-16-17-27(21-29(26)33(30)11-5)35-22-32(6,10-4)23-36-31(34)9-3/h9,15-21H,3,7-8,10-14,22-23H2,1-2,4-6H3. The number of esters is 1. The third-order valence-electron chi connectivity index (χ3n) is 7.26. The van der Waals surface area contributed by atoms with E-state index in [0.29, 0.717) is 13.2 Å². The minimum Gasteiger partial charge on any atom is -0.493 e. The molecule has 0 aliphatic carbocycles. The zero-order valence-corrected chi connectivity index (χ0v) is 22.9. The number of hydrogen-bond donors (Lipinski definition) is 0. The maximum atomic E-state index is 11.5. The van der Waals surface area contributed by atoms with Crippen LogP contribution in [-0.4, -0.2) is 23.8 Å². The number of hydrogen-bond acceptors (Lipinski definition) is 3. The monoisotopic (exact) mass is 489 g/mol. The molecule has 0 saturated heterocycles. The van der Waals surface area contributed by atoms with Crippen molar-refractivity contribution in [2.24, 2.45) is 5.41 Å². The Bertz CT molecular complexity index is 1180. The molecule has 4 heteroatoms. The van der Waals surface area contributed by atoms with E-state index < -0.39 is 5.97 Å². The highest BCUT2D eigenvalue weighted by Crippen LogP contribution is 2.34. The molecule has 0 spiro atoms. The highest BCUT2D eigenvalue weighted by Gasteiger charge is 2.25. The second-order valence-electron chi connectivity index (χ2n) is 10.1. The van der Waals surface area contributed by atoms with Gasteiger partial charge in [0.2, 0.25) is 0 Å². The minimum atomic E-state index is -0.398. The molecule has 0 bridgehead atoms. The molecule has 0 radical (unpaired) electrons. The van der Waals surface area contributed by atoms with Gasteiger partial charge >= 0.3 is 5.97 Å². The van der Waals surface area contributed by atoms with Gasteiger partial charge in [-0.2, -0.15) is 0 Å². The molecule has 2 aromatic carbocycles. The van der Waals surface area contributed by atoms with Crippen LogP contribution in [0.5, 0.6) is 5.75 Å². The van der Waals surface area contributed by atoms with E-state index in [1.807, 2.05) is 6.07 Å². The first-order valence-electron chi connectivity index (χ1n) is 13.5. The summed E-state index contributed by atoms with van der Waals surface area (Å²) in [5.41, 5.74) is 6.34. The third kappa shape index (κ3) is 6.60. The largest absolute Gasteiger partial charge is 0.493 e. The van der Waals surface area contributed by atoms with E-state index in [-0.39, 0.29) is 5.41 Å². The molecule has 1 heterocycles. The average Bonchev–Trinajstić information content (AvgIpc) is 3.28. The van der Waals surface area contributed by atoms with E-state index in [1.165, 1.54) is 58.6 Å². The van der Waals surface area contributed by atoms with Crippen LogP contribution in [0.2, 0.25) is 0 Å². The summed E-state index contributed by atoms with van der Waals surface area (Å²) in [6, 6.07) is 15.7. The van der Waals surface area contributed by atoms with Crippen LogP contribution in [-0.2, 0) is 28.9 Å². The van der Waals surface area contributed by atoms with Crippen LogP contribution >= 0.6 is 0 Å². The van der Waals surface area contributed by atoms with Gasteiger partial charge in [-0.1, -0.05) is 65.3 Å². The first-order chi connectivity index (χ1) is 17.4. The number of nitrogens with zero attached hydrogens (tertiary/aromatic N) is 1. The Morgan fingerprint density at radius 3 is 2.50 bits per heavy atom. The quantitative estimate of drug-likeness (QED) is 0.130. The Morgan fingerprint density at radius 1 is 1.03 bits per heavy atom. The van der Waals surface area contributed by atoms with Crippen molar-refractivity contribution in [1.82, 2.24) is 4.57 Å². The maximum absolute atomic E-state index is 11.5. The second kappa shape index (κ2) is 12.8. The molecule has 0 aliphatic rings. The highest BCUT2D eigenvalue weighted by molar-refractivity contribution is 5.88. The fraction of sp³-hybridized carbons (Fsp3) is 0.469. The van der Waals surface area contributed by atoms with Gasteiger partial charge in [-0.25, -0.2) is 4.79 Å². The molecule has 1 atom stereocenters. The smallest absolute Gasteiger partial charge is 0.330 e. The summed E-state index contributed by atoms with van der Waals surface area (Å²) < 4.78 is 13.9. The van der Waals surface area contributed by atoms with Crippen molar-refractivity contribution in [2.75, 3.05) is 13.2 Å². The van der Waals surface area contributed by atoms with E-state index in [1.54, 1.807) is 0 Å². The lowest BCUT2D eigenvalue weighted by Crippen LogP contribution is -2.30. The molecule has 1 aromatic heterocycles. The molecule has 36 heavy (non-hydrogen) atoms. The Balaban J connectivity index is 1.86. The molecular formula is C32H43NO3. The summed E-state index contributed by atoms with van der Waals surface area (Å²) in [5.74, 6) is 0.434. The molecule has 0 aliphatic heterocycles.